The summed E-state index contributed by atoms with van der Waals surface area (Å²) in [5, 5.41) is 0.149. The number of hydrogen-bond donors (Lipinski definition) is 0. The average molecular weight is 486 g/mol. The van der Waals surface area contributed by atoms with Gasteiger partial charge < -0.3 is 23.4 Å². The van der Waals surface area contributed by atoms with Gasteiger partial charge in [0.2, 0.25) is 0 Å². The number of alkyl halides is 1. The maximum atomic E-state index is 6.70. The van der Waals surface area contributed by atoms with Gasteiger partial charge in [0, 0.05) is 4.43 Å². The predicted molar refractivity (Wildman–Crippen MR) is 110 cm³/mol. The Hall–Kier alpha value is 0.747. The van der Waals surface area contributed by atoms with Crippen LogP contribution in [0, 0.1) is 0 Å². The van der Waals surface area contributed by atoms with E-state index in [0.29, 0.717) is 6.61 Å². The SMILES string of the molecule is CC1(C)O[C@H]([C@H]2COC(C)(C)O2)[C@@H]([C@@H](CI)O[Si](C)(C)C(C)(C)C)O1. The van der Waals surface area contributed by atoms with E-state index >= 15 is 0 Å². The van der Waals surface area contributed by atoms with E-state index in [1.165, 1.54) is 0 Å². The zero-order chi connectivity index (χ0) is 19.3. The first-order valence-corrected chi connectivity index (χ1v) is 13.5. The molecule has 2 rings (SSSR count). The van der Waals surface area contributed by atoms with Crippen molar-refractivity contribution in [2.75, 3.05) is 11.0 Å². The molecule has 25 heavy (non-hydrogen) atoms. The van der Waals surface area contributed by atoms with E-state index in [4.69, 9.17) is 23.4 Å². The zero-order valence-electron chi connectivity index (χ0n) is 17.1. The second-order valence-corrected chi connectivity index (χ2v) is 15.1. The fourth-order valence-electron chi connectivity index (χ4n) is 3.01. The lowest BCUT2D eigenvalue weighted by atomic mass is 10.0. The standard InChI is InChI=1S/C18H35IO5Si/c1-16(2,3)25(8,9)24-12(10-19)14-15(23-18(6,7)22-14)13-11-20-17(4,5)21-13/h12-15H,10-11H2,1-9H3/t12-,13-,14-,15-/m1/s1. The fraction of sp³-hybridized carbons (Fsp3) is 1.00. The van der Waals surface area contributed by atoms with Crippen LogP contribution >= 0.6 is 22.6 Å². The van der Waals surface area contributed by atoms with Crippen LogP contribution in [0.4, 0.5) is 0 Å². The lowest BCUT2D eigenvalue weighted by molar-refractivity contribution is -0.175. The van der Waals surface area contributed by atoms with Gasteiger partial charge in [-0.2, -0.15) is 0 Å². The van der Waals surface area contributed by atoms with Gasteiger partial charge in [-0.15, -0.1) is 0 Å². The van der Waals surface area contributed by atoms with Crippen LogP contribution in [0.5, 0.6) is 0 Å². The molecule has 5 nitrogen and oxygen atoms in total. The second kappa shape index (κ2) is 7.29. The Bertz CT molecular complexity index is 475. The molecule has 0 radical (unpaired) electrons. The normalized spacial score (nSPS) is 33.6. The Kier molecular flexibility index (Phi) is 6.43. The van der Waals surface area contributed by atoms with E-state index in [0.717, 1.165) is 4.43 Å². The largest absolute Gasteiger partial charge is 0.410 e. The molecular weight excluding hydrogens is 451 g/mol. The lowest BCUT2D eigenvalue weighted by Gasteiger charge is -2.41. The van der Waals surface area contributed by atoms with Crippen molar-refractivity contribution >= 4 is 30.9 Å². The maximum Gasteiger partial charge on any atom is 0.192 e. The van der Waals surface area contributed by atoms with E-state index in [2.05, 4.69) is 56.5 Å². The van der Waals surface area contributed by atoms with Crippen molar-refractivity contribution in [1.82, 2.24) is 0 Å². The van der Waals surface area contributed by atoms with E-state index in [1.54, 1.807) is 0 Å². The Morgan fingerprint density at radius 3 is 2.12 bits per heavy atom. The van der Waals surface area contributed by atoms with E-state index in [9.17, 15) is 0 Å². The fourth-order valence-corrected chi connectivity index (χ4v) is 5.36. The van der Waals surface area contributed by atoms with Crippen molar-refractivity contribution in [3.05, 3.63) is 0 Å². The number of ether oxygens (including phenoxy) is 4. The Morgan fingerprint density at radius 2 is 1.68 bits per heavy atom. The number of rotatable bonds is 5. The van der Waals surface area contributed by atoms with Crippen LogP contribution in [-0.2, 0) is 23.4 Å². The van der Waals surface area contributed by atoms with Crippen molar-refractivity contribution < 1.29 is 23.4 Å². The summed E-state index contributed by atoms with van der Waals surface area (Å²) in [4.78, 5) is 0. The molecule has 0 spiro atoms. The summed E-state index contributed by atoms with van der Waals surface area (Å²) in [6, 6.07) is 0. The van der Waals surface area contributed by atoms with Crippen LogP contribution in [0.25, 0.3) is 0 Å². The van der Waals surface area contributed by atoms with Gasteiger partial charge in [-0.05, 0) is 45.8 Å². The molecule has 0 N–H and O–H groups in total. The molecule has 2 fully saturated rings. The Balaban J connectivity index is 2.20. The van der Waals surface area contributed by atoms with Gasteiger partial charge in [0.05, 0.1) is 12.7 Å². The molecule has 2 aliphatic rings. The summed E-state index contributed by atoms with van der Waals surface area (Å²) in [5.41, 5.74) is 0. The molecule has 7 heteroatoms. The Morgan fingerprint density at radius 1 is 1.08 bits per heavy atom. The van der Waals surface area contributed by atoms with Gasteiger partial charge >= 0.3 is 0 Å². The summed E-state index contributed by atoms with van der Waals surface area (Å²) in [6.45, 7) is 19.6. The van der Waals surface area contributed by atoms with Crippen molar-refractivity contribution in [3.63, 3.8) is 0 Å². The number of halogens is 1. The third kappa shape index (κ3) is 5.17. The average Bonchev–Trinajstić information content (AvgIpc) is 2.94. The maximum absolute atomic E-state index is 6.70. The molecule has 2 heterocycles. The minimum absolute atomic E-state index is 0.0272. The second-order valence-electron chi connectivity index (χ2n) is 9.50. The molecule has 0 saturated carbocycles. The monoisotopic (exact) mass is 486 g/mol. The molecule has 148 valence electrons. The van der Waals surface area contributed by atoms with Crippen LogP contribution in [0.3, 0.4) is 0 Å². The Labute approximate surface area is 167 Å². The lowest BCUT2D eigenvalue weighted by Crippen LogP contribution is -2.52. The van der Waals surface area contributed by atoms with Crippen LogP contribution in [-0.4, -0.2) is 55.3 Å². The van der Waals surface area contributed by atoms with Gasteiger partial charge in [0.25, 0.3) is 0 Å². The van der Waals surface area contributed by atoms with Crippen LogP contribution in [0.15, 0.2) is 0 Å². The van der Waals surface area contributed by atoms with Crippen molar-refractivity contribution in [1.29, 1.82) is 0 Å². The molecular formula is C18H35IO5Si. The molecule has 0 unspecified atom stereocenters. The van der Waals surface area contributed by atoms with Gasteiger partial charge in [0.15, 0.2) is 19.9 Å². The van der Waals surface area contributed by atoms with Gasteiger partial charge in [-0.25, -0.2) is 0 Å². The third-order valence-corrected chi connectivity index (χ3v) is 10.7. The summed E-state index contributed by atoms with van der Waals surface area (Å²) in [6.07, 6.45) is -0.527. The van der Waals surface area contributed by atoms with Crippen molar-refractivity contribution in [2.45, 2.75) is 103 Å². The van der Waals surface area contributed by atoms with E-state index in [-0.39, 0.29) is 29.5 Å². The van der Waals surface area contributed by atoms with Gasteiger partial charge in [0.1, 0.15) is 18.3 Å². The predicted octanol–water partition coefficient (Wildman–Crippen LogP) is 4.48. The molecule has 0 aliphatic carbocycles. The highest BCUT2D eigenvalue weighted by Crippen LogP contribution is 2.42. The van der Waals surface area contributed by atoms with E-state index < -0.39 is 19.9 Å². The van der Waals surface area contributed by atoms with Crippen LogP contribution in [0.1, 0.15) is 48.5 Å². The minimum Gasteiger partial charge on any atom is -0.410 e. The minimum atomic E-state index is -1.91. The first kappa shape index (κ1) is 22.0. The van der Waals surface area contributed by atoms with Crippen molar-refractivity contribution in [3.8, 4) is 0 Å². The molecule has 0 aromatic carbocycles. The topological polar surface area (TPSA) is 46.2 Å². The van der Waals surface area contributed by atoms with Gasteiger partial charge in [-0.1, -0.05) is 43.4 Å². The molecule has 0 amide bonds. The van der Waals surface area contributed by atoms with Crippen LogP contribution < -0.4 is 0 Å². The first-order chi connectivity index (χ1) is 11.2. The highest BCUT2D eigenvalue weighted by atomic mass is 127. The summed E-state index contributed by atoms with van der Waals surface area (Å²) >= 11 is 2.39. The summed E-state index contributed by atoms with van der Waals surface area (Å²) < 4.78 is 31.9. The number of hydrogen-bond acceptors (Lipinski definition) is 5. The first-order valence-electron chi connectivity index (χ1n) is 9.09. The zero-order valence-corrected chi connectivity index (χ0v) is 20.3. The molecule has 2 aliphatic heterocycles. The highest BCUT2D eigenvalue weighted by molar-refractivity contribution is 14.1. The highest BCUT2D eigenvalue weighted by Gasteiger charge is 2.53. The molecule has 0 aromatic heterocycles. The van der Waals surface area contributed by atoms with Crippen molar-refractivity contribution in [2.24, 2.45) is 0 Å². The van der Waals surface area contributed by atoms with Gasteiger partial charge in [-0.3, -0.25) is 0 Å². The quantitative estimate of drug-likeness (QED) is 0.326. The molecule has 0 aromatic rings. The molecule has 0 bridgehead atoms. The summed E-state index contributed by atoms with van der Waals surface area (Å²) in [5.74, 6) is -1.22. The third-order valence-electron chi connectivity index (χ3n) is 5.33. The smallest absolute Gasteiger partial charge is 0.192 e. The summed E-state index contributed by atoms with van der Waals surface area (Å²) in [7, 11) is -1.91. The molecule has 2 saturated heterocycles. The molecule has 4 atom stereocenters. The van der Waals surface area contributed by atoms with E-state index in [1.807, 2.05) is 27.7 Å². The van der Waals surface area contributed by atoms with Crippen LogP contribution in [0.2, 0.25) is 18.1 Å².